The van der Waals surface area contributed by atoms with E-state index in [0.29, 0.717) is 11.5 Å². The molecule has 78 valence electrons. The summed E-state index contributed by atoms with van der Waals surface area (Å²) in [6, 6.07) is 2.70. The molecule has 2 rings (SSSR count). The summed E-state index contributed by atoms with van der Waals surface area (Å²) in [6.07, 6.45) is 2.78. The van der Waals surface area contributed by atoms with Crippen LogP contribution in [0.2, 0.25) is 0 Å². The lowest BCUT2D eigenvalue weighted by molar-refractivity contribution is 0.460. The monoisotopic (exact) mass is 273 g/mol. The maximum Gasteiger partial charge on any atom is 0.0386 e. The molecule has 14 heavy (non-hydrogen) atoms. The van der Waals surface area contributed by atoms with Crippen LogP contribution in [0.5, 0.6) is 0 Å². The predicted octanol–water partition coefficient (Wildman–Crippen LogP) is 3.96. The summed E-state index contributed by atoms with van der Waals surface area (Å²) in [7, 11) is 0. The quantitative estimate of drug-likeness (QED) is 0.876. The second-order valence-electron chi connectivity index (χ2n) is 4.58. The molecular formula is C11H16BrNS. The molecule has 0 bridgehead atoms. The highest BCUT2D eigenvalue weighted by Crippen LogP contribution is 2.44. The van der Waals surface area contributed by atoms with Crippen LogP contribution in [0.3, 0.4) is 0 Å². The van der Waals surface area contributed by atoms with Crippen molar-refractivity contribution < 1.29 is 0 Å². The summed E-state index contributed by atoms with van der Waals surface area (Å²) >= 11 is 5.31. The van der Waals surface area contributed by atoms with Crippen molar-refractivity contribution in [1.82, 2.24) is 5.32 Å². The SMILES string of the molecule is CC(NCC1(C)CC1)c1cc(Br)cs1. The number of hydrogen-bond donors (Lipinski definition) is 1. The third kappa shape index (κ3) is 2.59. The summed E-state index contributed by atoms with van der Waals surface area (Å²) in [5.41, 5.74) is 0.600. The van der Waals surface area contributed by atoms with Crippen LogP contribution in [0.1, 0.15) is 37.6 Å². The summed E-state index contributed by atoms with van der Waals surface area (Å²) < 4.78 is 1.20. The van der Waals surface area contributed by atoms with Gasteiger partial charge in [-0.15, -0.1) is 11.3 Å². The van der Waals surface area contributed by atoms with Crippen molar-refractivity contribution in [3.05, 3.63) is 20.8 Å². The van der Waals surface area contributed by atoms with Gasteiger partial charge >= 0.3 is 0 Å². The van der Waals surface area contributed by atoms with Crippen LogP contribution >= 0.6 is 27.3 Å². The van der Waals surface area contributed by atoms with Gasteiger partial charge in [-0.3, -0.25) is 0 Å². The molecule has 1 atom stereocenters. The van der Waals surface area contributed by atoms with E-state index >= 15 is 0 Å². The van der Waals surface area contributed by atoms with Crippen LogP contribution in [0.15, 0.2) is 15.9 Å². The fourth-order valence-electron chi connectivity index (χ4n) is 1.45. The summed E-state index contributed by atoms with van der Waals surface area (Å²) in [5, 5.41) is 5.75. The number of thiophene rings is 1. The zero-order chi connectivity index (χ0) is 10.2. The highest BCUT2D eigenvalue weighted by molar-refractivity contribution is 9.10. The molecule has 0 saturated heterocycles. The first-order valence-electron chi connectivity index (χ1n) is 5.06. The Balaban J connectivity index is 1.86. The van der Waals surface area contributed by atoms with Gasteiger partial charge in [0.2, 0.25) is 0 Å². The molecule has 0 aliphatic heterocycles. The highest BCUT2D eigenvalue weighted by atomic mass is 79.9. The van der Waals surface area contributed by atoms with Crippen LogP contribution in [-0.2, 0) is 0 Å². The Kier molecular flexibility index (Phi) is 3.01. The third-order valence-corrected chi connectivity index (χ3v) is 4.83. The van der Waals surface area contributed by atoms with Gasteiger partial charge in [-0.25, -0.2) is 0 Å². The first-order valence-corrected chi connectivity index (χ1v) is 6.74. The number of nitrogens with one attached hydrogen (secondary N) is 1. The second-order valence-corrected chi connectivity index (χ2v) is 6.44. The molecular weight excluding hydrogens is 258 g/mol. The van der Waals surface area contributed by atoms with Gasteiger partial charge < -0.3 is 5.32 Å². The molecule has 1 aliphatic rings. The first kappa shape index (κ1) is 10.7. The minimum Gasteiger partial charge on any atom is -0.309 e. The van der Waals surface area contributed by atoms with Crippen molar-refractivity contribution in [3.63, 3.8) is 0 Å². The van der Waals surface area contributed by atoms with E-state index in [4.69, 9.17) is 0 Å². The van der Waals surface area contributed by atoms with Gasteiger partial charge in [0.15, 0.2) is 0 Å². The van der Waals surface area contributed by atoms with Crippen molar-refractivity contribution in [2.24, 2.45) is 5.41 Å². The van der Waals surface area contributed by atoms with E-state index in [-0.39, 0.29) is 0 Å². The smallest absolute Gasteiger partial charge is 0.0386 e. The molecule has 1 aromatic heterocycles. The average Bonchev–Trinajstić information content (AvgIpc) is 2.71. The van der Waals surface area contributed by atoms with Crippen molar-refractivity contribution in [2.45, 2.75) is 32.7 Å². The lowest BCUT2D eigenvalue weighted by Gasteiger charge is -2.15. The van der Waals surface area contributed by atoms with E-state index < -0.39 is 0 Å². The number of rotatable bonds is 4. The average molecular weight is 274 g/mol. The van der Waals surface area contributed by atoms with Crippen molar-refractivity contribution >= 4 is 27.3 Å². The Morgan fingerprint density at radius 3 is 2.86 bits per heavy atom. The Bertz CT molecular complexity index is 317. The molecule has 1 saturated carbocycles. The molecule has 0 spiro atoms. The lowest BCUT2D eigenvalue weighted by Crippen LogP contribution is -2.24. The van der Waals surface area contributed by atoms with Gasteiger partial charge in [0.05, 0.1) is 0 Å². The van der Waals surface area contributed by atoms with Crippen LogP contribution < -0.4 is 5.32 Å². The van der Waals surface area contributed by atoms with Gasteiger partial charge in [0.25, 0.3) is 0 Å². The van der Waals surface area contributed by atoms with E-state index in [1.165, 1.54) is 22.2 Å². The largest absolute Gasteiger partial charge is 0.309 e. The Labute approximate surface area is 98.0 Å². The maximum absolute atomic E-state index is 3.60. The van der Waals surface area contributed by atoms with E-state index in [1.807, 2.05) is 11.3 Å². The van der Waals surface area contributed by atoms with Gasteiger partial charge in [0, 0.05) is 27.3 Å². The van der Waals surface area contributed by atoms with E-state index in [1.54, 1.807) is 0 Å². The van der Waals surface area contributed by atoms with Gasteiger partial charge in [-0.2, -0.15) is 0 Å². The predicted molar refractivity (Wildman–Crippen MR) is 65.8 cm³/mol. The Hall–Kier alpha value is 0.140. The minimum absolute atomic E-state index is 0.490. The molecule has 1 aliphatic carbocycles. The minimum atomic E-state index is 0.490. The molecule has 1 fully saturated rings. The molecule has 0 aromatic carbocycles. The van der Waals surface area contributed by atoms with Crippen LogP contribution in [0.4, 0.5) is 0 Å². The summed E-state index contributed by atoms with van der Waals surface area (Å²) in [4.78, 5) is 1.42. The van der Waals surface area contributed by atoms with E-state index in [2.05, 4.69) is 46.5 Å². The molecule has 1 nitrogen and oxygen atoms in total. The number of hydrogen-bond acceptors (Lipinski definition) is 2. The second kappa shape index (κ2) is 3.95. The molecule has 0 radical (unpaired) electrons. The van der Waals surface area contributed by atoms with Crippen molar-refractivity contribution in [3.8, 4) is 0 Å². The zero-order valence-corrected chi connectivity index (χ0v) is 11.0. The number of halogens is 1. The zero-order valence-electron chi connectivity index (χ0n) is 8.64. The van der Waals surface area contributed by atoms with Crippen LogP contribution in [0, 0.1) is 5.41 Å². The van der Waals surface area contributed by atoms with Crippen molar-refractivity contribution in [2.75, 3.05) is 6.54 Å². The normalized spacial score (nSPS) is 20.8. The fourth-order valence-corrected chi connectivity index (χ4v) is 2.92. The van der Waals surface area contributed by atoms with Gasteiger partial charge in [0.1, 0.15) is 0 Å². The van der Waals surface area contributed by atoms with Crippen molar-refractivity contribution in [1.29, 1.82) is 0 Å². The van der Waals surface area contributed by atoms with Gasteiger partial charge in [-0.1, -0.05) is 6.92 Å². The van der Waals surface area contributed by atoms with Crippen LogP contribution in [0.25, 0.3) is 0 Å². The van der Waals surface area contributed by atoms with E-state index in [9.17, 15) is 0 Å². The lowest BCUT2D eigenvalue weighted by atomic mass is 10.1. The van der Waals surface area contributed by atoms with E-state index in [0.717, 1.165) is 6.54 Å². The molecule has 1 N–H and O–H groups in total. The fraction of sp³-hybridized carbons (Fsp3) is 0.636. The van der Waals surface area contributed by atoms with Gasteiger partial charge in [-0.05, 0) is 47.2 Å². The molecule has 1 aromatic rings. The molecule has 1 heterocycles. The molecule has 1 unspecified atom stereocenters. The standard InChI is InChI=1S/C11H16BrNS/c1-8(10-5-9(12)6-14-10)13-7-11(2)3-4-11/h5-6,8,13H,3-4,7H2,1-2H3. The highest BCUT2D eigenvalue weighted by Gasteiger charge is 2.36. The maximum atomic E-state index is 3.60. The first-order chi connectivity index (χ1) is 6.59. The van der Waals surface area contributed by atoms with Crippen LogP contribution in [-0.4, -0.2) is 6.54 Å². The molecule has 0 amide bonds. The summed E-state index contributed by atoms with van der Waals surface area (Å²) in [5.74, 6) is 0. The Morgan fingerprint density at radius 1 is 1.64 bits per heavy atom. The Morgan fingerprint density at radius 2 is 2.36 bits per heavy atom. The topological polar surface area (TPSA) is 12.0 Å². The summed E-state index contributed by atoms with van der Waals surface area (Å²) in [6.45, 7) is 5.75. The molecule has 3 heteroatoms. The third-order valence-electron chi connectivity index (χ3n) is 2.95.